The highest BCUT2D eigenvalue weighted by atomic mass is 32.2. The van der Waals surface area contributed by atoms with Crippen LogP contribution in [0.15, 0.2) is 77.7 Å². The van der Waals surface area contributed by atoms with Gasteiger partial charge in [-0.05, 0) is 48.5 Å². The highest BCUT2D eigenvalue weighted by molar-refractivity contribution is 7.92. The molecule has 1 aliphatic heterocycles. The number of sulfonamides is 1. The van der Waals surface area contributed by atoms with Crippen molar-refractivity contribution in [2.75, 3.05) is 31.6 Å². The largest absolute Gasteiger partial charge is 0.495 e. The first-order valence-electron chi connectivity index (χ1n) is 10.3. The maximum atomic E-state index is 13.1. The summed E-state index contributed by atoms with van der Waals surface area (Å²) < 4.78 is 44.0. The number of ether oxygens (including phenoxy) is 3. The van der Waals surface area contributed by atoms with Crippen LogP contribution in [-0.2, 0) is 10.0 Å². The predicted molar refractivity (Wildman–Crippen MR) is 124 cm³/mol. The molecule has 0 aliphatic carbocycles. The Morgan fingerprint density at radius 3 is 2.42 bits per heavy atom. The topological polar surface area (TPSA) is 94.2 Å². The van der Waals surface area contributed by atoms with Gasteiger partial charge in [-0.3, -0.25) is 9.10 Å². The average molecular weight is 469 g/mol. The monoisotopic (exact) mass is 468 g/mol. The molecule has 8 nitrogen and oxygen atoms in total. The number of amides is 1. The summed E-state index contributed by atoms with van der Waals surface area (Å²) in [5.41, 5.74) is 0.754. The molecule has 172 valence electrons. The van der Waals surface area contributed by atoms with Crippen LogP contribution in [0.4, 0.5) is 5.69 Å². The minimum absolute atomic E-state index is 0.0630. The fraction of sp³-hybridized carbons (Fsp3) is 0.208. The van der Waals surface area contributed by atoms with Crippen LogP contribution in [0.25, 0.3) is 0 Å². The van der Waals surface area contributed by atoms with Gasteiger partial charge in [-0.2, -0.15) is 0 Å². The van der Waals surface area contributed by atoms with Gasteiger partial charge in [0.2, 0.25) is 0 Å². The number of nitrogens with zero attached hydrogens (tertiary/aromatic N) is 1. The standard InChI is InChI=1S/C24H24N2O6S/c1-26(20-7-3-4-8-21(20)30-2)33(28,29)19-13-11-17(12-14-19)24(27)25-15-18-16-31-22-9-5-6-10-23(22)32-18/h3-14,18H,15-16H2,1-2H3,(H,25,27). The third-order valence-corrected chi connectivity index (χ3v) is 7.04. The van der Waals surface area contributed by atoms with Gasteiger partial charge in [-0.25, -0.2) is 8.42 Å². The first kappa shape index (κ1) is 22.5. The molecule has 3 aromatic carbocycles. The zero-order chi connectivity index (χ0) is 23.4. The second-order valence-electron chi connectivity index (χ2n) is 7.38. The smallest absolute Gasteiger partial charge is 0.264 e. The second-order valence-corrected chi connectivity index (χ2v) is 9.35. The Balaban J connectivity index is 1.41. The molecule has 9 heteroatoms. The summed E-state index contributed by atoms with van der Waals surface area (Å²) in [5, 5.41) is 2.80. The van der Waals surface area contributed by atoms with E-state index in [4.69, 9.17) is 14.2 Å². The number of anilines is 1. The van der Waals surface area contributed by atoms with E-state index in [1.807, 2.05) is 24.3 Å². The summed E-state index contributed by atoms with van der Waals surface area (Å²) in [6.07, 6.45) is -0.321. The number of hydrogen-bond donors (Lipinski definition) is 1. The first-order chi connectivity index (χ1) is 15.9. The predicted octanol–water partition coefficient (Wildman–Crippen LogP) is 3.09. The molecule has 1 unspecified atom stereocenters. The Kier molecular flexibility index (Phi) is 6.41. The van der Waals surface area contributed by atoms with E-state index in [0.717, 1.165) is 4.31 Å². The van der Waals surface area contributed by atoms with Crippen LogP contribution < -0.4 is 23.8 Å². The van der Waals surface area contributed by atoms with Crippen molar-refractivity contribution in [3.05, 3.63) is 78.4 Å². The van der Waals surface area contributed by atoms with Crippen LogP contribution in [0.1, 0.15) is 10.4 Å². The number of rotatable bonds is 7. The van der Waals surface area contributed by atoms with Crippen LogP contribution in [-0.4, -0.2) is 47.7 Å². The summed E-state index contributed by atoms with van der Waals surface area (Å²) in [6.45, 7) is 0.577. The molecule has 1 amide bonds. The summed E-state index contributed by atoms with van der Waals surface area (Å²) >= 11 is 0. The summed E-state index contributed by atoms with van der Waals surface area (Å²) in [6, 6.07) is 20.0. The molecule has 1 aliphatic rings. The average Bonchev–Trinajstić information content (AvgIpc) is 2.86. The quantitative estimate of drug-likeness (QED) is 0.573. The number of nitrogens with one attached hydrogen (secondary N) is 1. The van der Waals surface area contributed by atoms with Gasteiger partial charge in [-0.15, -0.1) is 0 Å². The Bertz CT molecular complexity index is 1240. The maximum Gasteiger partial charge on any atom is 0.264 e. The lowest BCUT2D eigenvalue weighted by Crippen LogP contribution is -2.40. The van der Waals surface area contributed by atoms with Crippen LogP contribution in [0.3, 0.4) is 0 Å². The number of para-hydroxylation sites is 4. The van der Waals surface area contributed by atoms with Crippen LogP contribution in [0, 0.1) is 0 Å². The van der Waals surface area contributed by atoms with E-state index < -0.39 is 10.0 Å². The molecule has 3 aromatic rings. The van der Waals surface area contributed by atoms with Crippen molar-refractivity contribution in [2.45, 2.75) is 11.0 Å². The van der Waals surface area contributed by atoms with Crippen LogP contribution in [0.5, 0.6) is 17.2 Å². The maximum absolute atomic E-state index is 13.1. The van der Waals surface area contributed by atoms with Crippen molar-refractivity contribution in [3.8, 4) is 17.2 Å². The van der Waals surface area contributed by atoms with Crippen LogP contribution in [0.2, 0.25) is 0 Å². The van der Waals surface area contributed by atoms with Crippen molar-refractivity contribution in [1.82, 2.24) is 5.32 Å². The first-order valence-corrected chi connectivity index (χ1v) is 11.7. The molecule has 0 aromatic heterocycles. The molecule has 33 heavy (non-hydrogen) atoms. The van der Waals surface area contributed by atoms with Gasteiger partial charge < -0.3 is 19.5 Å². The molecular weight excluding hydrogens is 444 g/mol. The highest BCUT2D eigenvalue weighted by Gasteiger charge is 2.24. The second kappa shape index (κ2) is 9.41. The molecular formula is C24H24N2O6S. The van der Waals surface area contributed by atoms with Gasteiger partial charge in [0.1, 0.15) is 18.5 Å². The van der Waals surface area contributed by atoms with E-state index in [-0.39, 0.29) is 23.5 Å². The van der Waals surface area contributed by atoms with E-state index in [9.17, 15) is 13.2 Å². The Morgan fingerprint density at radius 1 is 1.03 bits per heavy atom. The number of carbonyl (C=O) groups excluding carboxylic acids is 1. The minimum atomic E-state index is -3.84. The number of fused-ring (bicyclic) bond motifs is 1. The third-order valence-electron chi connectivity index (χ3n) is 5.26. The lowest BCUT2D eigenvalue weighted by atomic mass is 10.2. The lowest BCUT2D eigenvalue weighted by Gasteiger charge is -2.26. The molecule has 0 radical (unpaired) electrons. The molecule has 0 spiro atoms. The van der Waals surface area contributed by atoms with E-state index in [0.29, 0.717) is 35.1 Å². The minimum Gasteiger partial charge on any atom is -0.495 e. The molecule has 0 saturated carbocycles. The lowest BCUT2D eigenvalue weighted by molar-refractivity contribution is 0.0789. The molecule has 4 rings (SSSR count). The molecule has 0 fully saturated rings. The number of methoxy groups -OCH3 is 1. The summed E-state index contributed by atoms with van der Waals surface area (Å²) in [4.78, 5) is 12.6. The normalized spacial score (nSPS) is 14.9. The van der Waals surface area contributed by atoms with Gasteiger partial charge in [0.05, 0.1) is 24.2 Å². The Labute approximate surface area is 192 Å². The molecule has 1 N–H and O–H groups in total. The molecule has 1 heterocycles. The van der Waals surface area contributed by atoms with E-state index in [1.165, 1.54) is 38.4 Å². The zero-order valence-electron chi connectivity index (χ0n) is 18.2. The number of carbonyl (C=O) groups is 1. The SMILES string of the molecule is COc1ccccc1N(C)S(=O)(=O)c1ccc(C(=O)NCC2COc3ccccc3O2)cc1. The summed E-state index contributed by atoms with van der Waals surface area (Å²) in [5.74, 6) is 1.42. The van der Waals surface area contributed by atoms with E-state index in [1.54, 1.807) is 24.3 Å². The Hall–Kier alpha value is -3.72. The van der Waals surface area contributed by atoms with Gasteiger partial charge in [0.25, 0.3) is 15.9 Å². The molecule has 0 bridgehead atoms. The Morgan fingerprint density at radius 2 is 1.70 bits per heavy atom. The molecule has 0 saturated heterocycles. The van der Waals surface area contributed by atoms with Gasteiger partial charge in [0.15, 0.2) is 11.5 Å². The third kappa shape index (κ3) is 4.73. The van der Waals surface area contributed by atoms with Gasteiger partial charge in [0, 0.05) is 12.6 Å². The van der Waals surface area contributed by atoms with E-state index >= 15 is 0 Å². The highest BCUT2D eigenvalue weighted by Crippen LogP contribution is 2.31. The fourth-order valence-electron chi connectivity index (χ4n) is 3.43. The van der Waals surface area contributed by atoms with Gasteiger partial charge >= 0.3 is 0 Å². The van der Waals surface area contributed by atoms with Crippen molar-refractivity contribution in [2.24, 2.45) is 0 Å². The number of hydrogen-bond acceptors (Lipinski definition) is 6. The van der Waals surface area contributed by atoms with Crippen molar-refractivity contribution >= 4 is 21.6 Å². The number of benzene rings is 3. The van der Waals surface area contributed by atoms with E-state index in [2.05, 4.69) is 5.32 Å². The van der Waals surface area contributed by atoms with Crippen molar-refractivity contribution < 1.29 is 27.4 Å². The zero-order valence-corrected chi connectivity index (χ0v) is 19.0. The molecule has 1 atom stereocenters. The van der Waals surface area contributed by atoms with Crippen molar-refractivity contribution in [3.63, 3.8) is 0 Å². The van der Waals surface area contributed by atoms with Crippen molar-refractivity contribution in [1.29, 1.82) is 0 Å². The van der Waals surface area contributed by atoms with Gasteiger partial charge in [-0.1, -0.05) is 24.3 Å². The summed E-state index contributed by atoms with van der Waals surface area (Å²) in [7, 11) is -0.901. The fourth-order valence-corrected chi connectivity index (χ4v) is 4.63. The van der Waals surface area contributed by atoms with Crippen LogP contribution >= 0.6 is 0 Å².